The van der Waals surface area contributed by atoms with Gasteiger partial charge >= 0.3 is 6.09 Å². The Balaban J connectivity index is 1.30. The Morgan fingerprint density at radius 3 is 2.71 bits per heavy atom. The fourth-order valence-corrected chi connectivity index (χ4v) is 4.30. The molecule has 34 heavy (non-hydrogen) atoms. The highest BCUT2D eigenvalue weighted by molar-refractivity contribution is 5.71. The van der Waals surface area contributed by atoms with Crippen molar-refractivity contribution in [2.45, 2.75) is 32.0 Å². The standard InChI is InChI=1S/C26H34N2O6/c1-30-15-4-13-27-14-16-32-25-11-6-20(17-24(25)27)19-33-23-5-3-12-28(18-23)26(29)34-22-9-7-21(31-2)8-10-22/h6-11,17,23H,3-5,12-16,18-19H2,1-2H3. The largest absolute Gasteiger partial charge is 0.497 e. The van der Waals surface area contributed by atoms with E-state index in [-0.39, 0.29) is 12.2 Å². The first-order chi connectivity index (χ1) is 16.7. The lowest BCUT2D eigenvalue weighted by molar-refractivity contribution is -0.00506. The van der Waals surface area contributed by atoms with Gasteiger partial charge in [-0.15, -0.1) is 0 Å². The fraction of sp³-hybridized carbons (Fsp3) is 0.500. The Kier molecular flexibility index (Phi) is 8.49. The van der Waals surface area contributed by atoms with Crippen molar-refractivity contribution in [3.8, 4) is 17.2 Å². The highest BCUT2D eigenvalue weighted by atomic mass is 16.6. The van der Waals surface area contributed by atoms with Crippen LogP contribution in [0, 0.1) is 0 Å². The third-order valence-electron chi connectivity index (χ3n) is 6.15. The number of rotatable bonds is 9. The summed E-state index contributed by atoms with van der Waals surface area (Å²) in [7, 11) is 3.33. The predicted molar refractivity (Wildman–Crippen MR) is 129 cm³/mol. The predicted octanol–water partition coefficient (Wildman–Crippen LogP) is 4.11. The molecule has 1 amide bonds. The van der Waals surface area contributed by atoms with Gasteiger partial charge in [-0.1, -0.05) is 6.07 Å². The summed E-state index contributed by atoms with van der Waals surface area (Å²) >= 11 is 0. The molecule has 0 spiro atoms. The molecule has 8 heteroatoms. The van der Waals surface area contributed by atoms with Gasteiger partial charge in [0.1, 0.15) is 23.9 Å². The van der Waals surface area contributed by atoms with E-state index in [1.165, 1.54) is 0 Å². The summed E-state index contributed by atoms with van der Waals surface area (Å²) in [5, 5.41) is 0. The molecule has 4 rings (SSSR count). The number of benzene rings is 2. The smallest absolute Gasteiger partial charge is 0.415 e. The first kappa shape index (κ1) is 24.2. The number of piperidine rings is 1. The zero-order chi connectivity index (χ0) is 23.8. The zero-order valence-electron chi connectivity index (χ0n) is 20.0. The Bertz CT molecular complexity index is 935. The minimum absolute atomic E-state index is 0.0257. The van der Waals surface area contributed by atoms with E-state index in [4.69, 9.17) is 23.7 Å². The number of carbonyl (C=O) groups is 1. The Hall–Kier alpha value is -2.97. The molecule has 2 aliphatic rings. The van der Waals surface area contributed by atoms with E-state index in [1.54, 1.807) is 43.4 Å². The fourth-order valence-electron chi connectivity index (χ4n) is 4.30. The van der Waals surface area contributed by atoms with Crippen molar-refractivity contribution >= 4 is 11.8 Å². The summed E-state index contributed by atoms with van der Waals surface area (Å²) in [6.45, 7) is 4.92. The van der Waals surface area contributed by atoms with Gasteiger partial charge in [0.25, 0.3) is 0 Å². The van der Waals surface area contributed by atoms with Crippen LogP contribution in [0.15, 0.2) is 42.5 Å². The number of hydrogen-bond donors (Lipinski definition) is 0. The number of methoxy groups -OCH3 is 2. The number of carbonyl (C=O) groups excluding carboxylic acids is 1. The van der Waals surface area contributed by atoms with Crippen molar-refractivity contribution in [2.75, 3.05) is 58.5 Å². The second-order valence-corrected chi connectivity index (χ2v) is 8.55. The van der Waals surface area contributed by atoms with E-state index < -0.39 is 0 Å². The summed E-state index contributed by atoms with van der Waals surface area (Å²) in [5.74, 6) is 2.13. The number of hydrogen-bond acceptors (Lipinski definition) is 7. The number of fused-ring (bicyclic) bond motifs is 1. The molecule has 0 aromatic heterocycles. The quantitative estimate of drug-likeness (QED) is 0.511. The van der Waals surface area contributed by atoms with Crippen LogP contribution in [0.2, 0.25) is 0 Å². The Morgan fingerprint density at radius 2 is 1.91 bits per heavy atom. The highest BCUT2D eigenvalue weighted by Crippen LogP contribution is 2.33. The van der Waals surface area contributed by atoms with Crippen LogP contribution in [0.25, 0.3) is 0 Å². The van der Waals surface area contributed by atoms with Gasteiger partial charge in [-0.2, -0.15) is 0 Å². The summed E-state index contributed by atoms with van der Waals surface area (Å²) < 4.78 is 27.9. The van der Waals surface area contributed by atoms with E-state index in [9.17, 15) is 4.79 Å². The van der Waals surface area contributed by atoms with Crippen LogP contribution in [0.4, 0.5) is 10.5 Å². The molecule has 1 atom stereocenters. The molecule has 0 N–H and O–H groups in total. The van der Waals surface area contributed by atoms with Crippen LogP contribution in [-0.2, 0) is 16.1 Å². The van der Waals surface area contributed by atoms with Crippen LogP contribution < -0.4 is 19.1 Å². The van der Waals surface area contributed by atoms with E-state index in [0.29, 0.717) is 32.1 Å². The molecule has 1 saturated heterocycles. The molecule has 0 bridgehead atoms. The molecule has 2 aromatic carbocycles. The molecule has 0 saturated carbocycles. The molecule has 1 fully saturated rings. The molecule has 1 unspecified atom stereocenters. The number of likely N-dealkylation sites (tertiary alicyclic amines) is 1. The third kappa shape index (κ3) is 6.33. The van der Waals surface area contributed by atoms with Crippen molar-refractivity contribution < 1.29 is 28.5 Å². The Morgan fingerprint density at radius 1 is 1.09 bits per heavy atom. The zero-order valence-corrected chi connectivity index (χ0v) is 20.0. The molecule has 2 aromatic rings. The molecular formula is C26H34N2O6. The molecule has 8 nitrogen and oxygen atoms in total. The van der Waals surface area contributed by atoms with Crippen LogP contribution in [0.3, 0.4) is 0 Å². The monoisotopic (exact) mass is 470 g/mol. The van der Waals surface area contributed by atoms with Crippen LogP contribution in [0.1, 0.15) is 24.8 Å². The van der Waals surface area contributed by atoms with Gasteiger partial charge in [0.05, 0.1) is 38.6 Å². The van der Waals surface area contributed by atoms with Crippen molar-refractivity contribution in [1.29, 1.82) is 0 Å². The Labute approximate surface area is 201 Å². The van der Waals surface area contributed by atoms with E-state index in [2.05, 4.69) is 17.0 Å². The van der Waals surface area contributed by atoms with Gasteiger partial charge in [-0.25, -0.2) is 4.79 Å². The second kappa shape index (κ2) is 11.9. The third-order valence-corrected chi connectivity index (χ3v) is 6.15. The van der Waals surface area contributed by atoms with Gasteiger partial charge in [-0.3, -0.25) is 0 Å². The molecule has 2 heterocycles. The summed E-state index contributed by atoms with van der Waals surface area (Å²) in [6, 6.07) is 13.2. The molecule has 184 valence electrons. The van der Waals surface area contributed by atoms with Gasteiger partial charge in [0, 0.05) is 26.8 Å². The molecule has 0 aliphatic carbocycles. The van der Waals surface area contributed by atoms with Gasteiger partial charge in [-0.05, 0) is 61.2 Å². The number of amides is 1. The van der Waals surface area contributed by atoms with Gasteiger partial charge in [0.2, 0.25) is 0 Å². The normalized spacial score (nSPS) is 17.6. The molecule has 2 aliphatic heterocycles. The van der Waals surface area contributed by atoms with Gasteiger partial charge < -0.3 is 33.5 Å². The van der Waals surface area contributed by atoms with Gasteiger partial charge in [0.15, 0.2) is 0 Å². The lowest BCUT2D eigenvalue weighted by Gasteiger charge is -2.33. The number of anilines is 1. The maximum Gasteiger partial charge on any atom is 0.415 e. The van der Waals surface area contributed by atoms with Crippen LogP contribution in [-0.4, -0.2) is 70.7 Å². The van der Waals surface area contributed by atoms with Crippen molar-refractivity contribution in [1.82, 2.24) is 4.90 Å². The average molecular weight is 471 g/mol. The number of ether oxygens (including phenoxy) is 5. The SMILES string of the molecule is COCCCN1CCOc2ccc(COC3CCCN(C(=O)Oc4ccc(OC)cc4)C3)cc21. The molecular weight excluding hydrogens is 436 g/mol. The first-order valence-corrected chi connectivity index (χ1v) is 11.9. The topological polar surface area (TPSA) is 69.7 Å². The van der Waals surface area contributed by atoms with E-state index >= 15 is 0 Å². The highest BCUT2D eigenvalue weighted by Gasteiger charge is 2.26. The first-order valence-electron chi connectivity index (χ1n) is 11.9. The minimum atomic E-state index is -0.351. The lowest BCUT2D eigenvalue weighted by atomic mass is 10.1. The van der Waals surface area contributed by atoms with Crippen molar-refractivity contribution in [3.05, 3.63) is 48.0 Å². The maximum atomic E-state index is 12.6. The van der Waals surface area contributed by atoms with Crippen molar-refractivity contribution in [3.63, 3.8) is 0 Å². The molecule has 0 radical (unpaired) electrons. The number of nitrogens with zero attached hydrogens (tertiary/aromatic N) is 2. The van der Waals surface area contributed by atoms with E-state index in [0.717, 1.165) is 61.7 Å². The lowest BCUT2D eigenvalue weighted by Crippen LogP contribution is -2.44. The summed E-state index contributed by atoms with van der Waals surface area (Å²) in [6.07, 6.45) is 2.40. The second-order valence-electron chi connectivity index (χ2n) is 8.55. The maximum absolute atomic E-state index is 12.6. The van der Waals surface area contributed by atoms with E-state index in [1.807, 2.05) is 6.07 Å². The average Bonchev–Trinajstić information content (AvgIpc) is 2.88. The van der Waals surface area contributed by atoms with Crippen LogP contribution in [0.5, 0.6) is 17.2 Å². The van der Waals surface area contributed by atoms with Crippen LogP contribution >= 0.6 is 0 Å². The van der Waals surface area contributed by atoms with Crippen molar-refractivity contribution in [2.24, 2.45) is 0 Å². The summed E-state index contributed by atoms with van der Waals surface area (Å²) in [5.41, 5.74) is 2.20. The summed E-state index contributed by atoms with van der Waals surface area (Å²) in [4.78, 5) is 16.7. The minimum Gasteiger partial charge on any atom is -0.497 e.